The first-order valence-corrected chi connectivity index (χ1v) is 12.6. The number of rotatable bonds is 9. The van der Waals surface area contributed by atoms with Crippen molar-refractivity contribution in [2.45, 2.75) is 18.9 Å². The molecule has 1 aliphatic rings. The van der Waals surface area contributed by atoms with Crippen molar-refractivity contribution in [3.8, 4) is 23.1 Å². The molecule has 1 atom stereocenters. The molecule has 0 saturated carbocycles. The summed E-state index contributed by atoms with van der Waals surface area (Å²) in [7, 11) is 3.95. The van der Waals surface area contributed by atoms with Gasteiger partial charge < -0.3 is 24.6 Å². The predicted octanol–water partition coefficient (Wildman–Crippen LogP) is 4.46. The van der Waals surface area contributed by atoms with E-state index in [0.717, 1.165) is 31.7 Å². The monoisotopic (exact) mass is 513 g/mol. The first-order valence-electron chi connectivity index (χ1n) is 12.6. The van der Waals surface area contributed by atoms with Crippen LogP contribution in [0.4, 0.5) is 5.82 Å². The van der Waals surface area contributed by atoms with E-state index in [4.69, 9.17) is 9.47 Å². The molecule has 1 unspecified atom stereocenters. The fraction of sp³-hybridized carbons (Fsp3) is 0.286. The van der Waals surface area contributed by atoms with Crippen LogP contribution in [-0.4, -0.2) is 75.6 Å². The second-order valence-corrected chi connectivity index (χ2v) is 9.40. The van der Waals surface area contributed by atoms with E-state index in [1.54, 1.807) is 6.08 Å². The zero-order chi connectivity index (χ0) is 26.3. The lowest BCUT2D eigenvalue weighted by Gasteiger charge is -2.32. The van der Waals surface area contributed by atoms with Gasteiger partial charge in [0.25, 0.3) is 0 Å². The lowest BCUT2D eigenvalue weighted by Crippen LogP contribution is -2.44. The molecule has 10 nitrogen and oxygen atoms in total. The number of carbonyl (C=O) groups is 1. The van der Waals surface area contributed by atoms with E-state index < -0.39 is 0 Å². The van der Waals surface area contributed by atoms with Gasteiger partial charge in [-0.25, -0.2) is 9.97 Å². The molecule has 10 heteroatoms. The van der Waals surface area contributed by atoms with Crippen LogP contribution < -0.4 is 14.8 Å². The van der Waals surface area contributed by atoms with Crippen LogP contribution in [-0.2, 0) is 4.79 Å². The van der Waals surface area contributed by atoms with Crippen molar-refractivity contribution >= 4 is 22.8 Å². The number of anilines is 1. The molecule has 1 aliphatic heterocycles. The van der Waals surface area contributed by atoms with Crippen LogP contribution in [0.25, 0.3) is 11.0 Å². The molecule has 4 aromatic rings. The summed E-state index contributed by atoms with van der Waals surface area (Å²) in [5.41, 5.74) is 0.567. The lowest BCUT2D eigenvalue weighted by molar-refractivity contribution is -0.127. The Morgan fingerprint density at radius 3 is 2.58 bits per heavy atom. The van der Waals surface area contributed by atoms with Gasteiger partial charge in [0.2, 0.25) is 11.8 Å². The number of fused-ring (bicyclic) bond motifs is 1. The molecule has 1 saturated heterocycles. The van der Waals surface area contributed by atoms with Crippen molar-refractivity contribution in [2.75, 3.05) is 39.0 Å². The Morgan fingerprint density at radius 1 is 1.08 bits per heavy atom. The molecular formula is C28H31N7O3. The standard InChI is InChI=1S/C28H31N7O3/c1-34(2)16-7-11-24(36)35-17-6-8-20(18-35)31-27-25-26(32-33-27)29-19-30-28(25)38-23-14-12-22(13-15-23)37-21-9-4-3-5-10-21/h3-5,7,9-15,19-20H,6,8,16-18H2,1-2H3,(H2,29,30,31,32,33). The Labute approximate surface area is 221 Å². The van der Waals surface area contributed by atoms with Gasteiger partial charge in [0.05, 0.1) is 0 Å². The van der Waals surface area contributed by atoms with Crippen LogP contribution in [0.1, 0.15) is 12.8 Å². The molecule has 196 valence electrons. The maximum absolute atomic E-state index is 12.6. The predicted molar refractivity (Wildman–Crippen MR) is 146 cm³/mol. The van der Waals surface area contributed by atoms with E-state index in [0.29, 0.717) is 40.8 Å². The average Bonchev–Trinajstić information content (AvgIpc) is 3.34. The molecule has 1 amide bonds. The third kappa shape index (κ3) is 6.27. The fourth-order valence-electron chi connectivity index (χ4n) is 4.28. The molecule has 1 fully saturated rings. The molecule has 3 heterocycles. The number of nitrogens with zero attached hydrogens (tertiary/aromatic N) is 5. The Kier molecular flexibility index (Phi) is 7.79. The number of hydrogen-bond donors (Lipinski definition) is 2. The number of benzene rings is 2. The Morgan fingerprint density at radius 2 is 1.82 bits per heavy atom. The van der Waals surface area contributed by atoms with E-state index in [1.807, 2.05) is 84.6 Å². The second-order valence-electron chi connectivity index (χ2n) is 9.40. The Bertz CT molecular complexity index is 1390. The highest BCUT2D eigenvalue weighted by Crippen LogP contribution is 2.33. The highest BCUT2D eigenvalue weighted by Gasteiger charge is 2.25. The molecule has 0 spiro atoms. The molecule has 2 aromatic heterocycles. The highest BCUT2D eigenvalue weighted by molar-refractivity contribution is 5.92. The van der Waals surface area contributed by atoms with Gasteiger partial charge in [-0.2, -0.15) is 5.10 Å². The number of hydrogen-bond acceptors (Lipinski definition) is 8. The minimum absolute atomic E-state index is 0.0253. The van der Waals surface area contributed by atoms with Gasteiger partial charge in [-0.15, -0.1) is 0 Å². The normalized spacial score (nSPS) is 15.8. The van der Waals surface area contributed by atoms with Crippen LogP contribution in [0.5, 0.6) is 23.1 Å². The van der Waals surface area contributed by atoms with Gasteiger partial charge in [0.1, 0.15) is 29.0 Å². The second kappa shape index (κ2) is 11.7. The largest absolute Gasteiger partial charge is 0.457 e. The van der Waals surface area contributed by atoms with Crippen molar-refractivity contribution < 1.29 is 14.3 Å². The van der Waals surface area contributed by atoms with E-state index in [-0.39, 0.29) is 11.9 Å². The fourth-order valence-corrected chi connectivity index (χ4v) is 4.28. The van der Waals surface area contributed by atoms with Crippen molar-refractivity contribution in [3.63, 3.8) is 0 Å². The number of aromatic nitrogens is 4. The number of carbonyl (C=O) groups excluding carboxylic acids is 1. The minimum Gasteiger partial charge on any atom is -0.457 e. The van der Waals surface area contributed by atoms with Gasteiger partial charge >= 0.3 is 0 Å². The average molecular weight is 514 g/mol. The number of amides is 1. The molecular weight excluding hydrogens is 482 g/mol. The molecule has 2 N–H and O–H groups in total. The molecule has 0 bridgehead atoms. The van der Waals surface area contributed by atoms with Gasteiger partial charge in [0.15, 0.2) is 11.5 Å². The van der Waals surface area contributed by atoms with E-state index in [1.165, 1.54) is 6.33 Å². The molecule has 0 radical (unpaired) electrons. The van der Waals surface area contributed by atoms with E-state index in [9.17, 15) is 4.79 Å². The third-order valence-electron chi connectivity index (χ3n) is 6.14. The zero-order valence-corrected chi connectivity index (χ0v) is 21.5. The number of aromatic amines is 1. The minimum atomic E-state index is 0.0253. The Balaban J connectivity index is 1.27. The van der Waals surface area contributed by atoms with E-state index in [2.05, 4.69) is 25.5 Å². The summed E-state index contributed by atoms with van der Waals surface area (Å²) >= 11 is 0. The van der Waals surface area contributed by atoms with Crippen LogP contribution in [0.3, 0.4) is 0 Å². The van der Waals surface area contributed by atoms with Gasteiger partial charge in [-0.05, 0) is 63.3 Å². The maximum Gasteiger partial charge on any atom is 0.246 e. The third-order valence-corrected chi connectivity index (χ3v) is 6.14. The number of ether oxygens (including phenoxy) is 2. The molecule has 0 aliphatic carbocycles. The van der Waals surface area contributed by atoms with Gasteiger partial charge in [0, 0.05) is 31.8 Å². The first-order chi connectivity index (χ1) is 18.5. The van der Waals surface area contributed by atoms with Gasteiger partial charge in [-0.1, -0.05) is 24.3 Å². The number of piperidine rings is 1. The topological polar surface area (TPSA) is 109 Å². The summed E-state index contributed by atoms with van der Waals surface area (Å²) in [5.74, 6) is 3.09. The van der Waals surface area contributed by atoms with Crippen molar-refractivity contribution in [1.82, 2.24) is 30.0 Å². The van der Waals surface area contributed by atoms with Crippen LogP contribution in [0, 0.1) is 0 Å². The number of nitrogens with one attached hydrogen (secondary N) is 2. The highest BCUT2D eigenvalue weighted by atomic mass is 16.5. The van der Waals surface area contributed by atoms with Crippen LogP contribution >= 0.6 is 0 Å². The van der Waals surface area contributed by atoms with Crippen molar-refractivity contribution in [3.05, 3.63) is 73.1 Å². The maximum atomic E-state index is 12.6. The summed E-state index contributed by atoms with van der Waals surface area (Å²) in [6.07, 6.45) is 6.81. The summed E-state index contributed by atoms with van der Waals surface area (Å²) < 4.78 is 12.0. The molecule has 2 aromatic carbocycles. The number of likely N-dealkylation sites (tertiary alicyclic amines) is 1. The molecule has 38 heavy (non-hydrogen) atoms. The van der Waals surface area contributed by atoms with Crippen molar-refractivity contribution in [1.29, 1.82) is 0 Å². The van der Waals surface area contributed by atoms with E-state index >= 15 is 0 Å². The summed E-state index contributed by atoms with van der Waals surface area (Å²) in [5, 5.41) is 11.5. The summed E-state index contributed by atoms with van der Waals surface area (Å²) in [6.45, 7) is 2.06. The summed E-state index contributed by atoms with van der Waals surface area (Å²) in [6, 6.07) is 17.0. The van der Waals surface area contributed by atoms with Crippen molar-refractivity contribution in [2.24, 2.45) is 0 Å². The smallest absolute Gasteiger partial charge is 0.246 e. The quantitative estimate of drug-likeness (QED) is 0.316. The summed E-state index contributed by atoms with van der Waals surface area (Å²) in [4.78, 5) is 25.2. The molecule has 5 rings (SSSR count). The number of likely N-dealkylation sites (N-methyl/N-ethyl adjacent to an activating group) is 1. The van der Waals surface area contributed by atoms with Gasteiger partial charge in [-0.3, -0.25) is 9.89 Å². The Hall–Kier alpha value is -4.44. The number of para-hydroxylation sites is 1. The zero-order valence-electron chi connectivity index (χ0n) is 21.5. The number of H-pyrrole nitrogens is 1. The SMILES string of the molecule is CN(C)CC=CC(=O)N1CCCC(Nc2n[nH]c3ncnc(Oc4ccc(Oc5ccccc5)cc4)c23)C1. The first kappa shape index (κ1) is 25.2. The van der Waals surface area contributed by atoms with Crippen LogP contribution in [0.2, 0.25) is 0 Å². The van der Waals surface area contributed by atoms with Crippen LogP contribution in [0.15, 0.2) is 73.1 Å². The lowest BCUT2D eigenvalue weighted by atomic mass is 10.1.